The first kappa shape index (κ1) is 35.6. The summed E-state index contributed by atoms with van der Waals surface area (Å²) in [6.07, 6.45) is 9.07. The zero-order valence-corrected chi connectivity index (χ0v) is 28.9. The molecule has 48 heavy (non-hydrogen) atoms. The normalized spacial score (nSPS) is 17.8. The van der Waals surface area contributed by atoms with Crippen molar-refractivity contribution in [1.29, 1.82) is 0 Å². The Morgan fingerprint density at radius 2 is 1.71 bits per heavy atom. The van der Waals surface area contributed by atoms with Crippen molar-refractivity contribution in [3.63, 3.8) is 0 Å². The van der Waals surface area contributed by atoms with Crippen molar-refractivity contribution in [3.05, 3.63) is 82.6 Å². The van der Waals surface area contributed by atoms with Gasteiger partial charge in [-0.25, -0.2) is 14.6 Å². The highest BCUT2D eigenvalue weighted by atomic mass is 35.5. The van der Waals surface area contributed by atoms with Gasteiger partial charge in [0.1, 0.15) is 28.2 Å². The molecule has 2 fully saturated rings. The summed E-state index contributed by atoms with van der Waals surface area (Å²) in [7, 11) is 0. The average molecular weight is 679 g/mol. The minimum atomic E-state index is -0.997. The Bertz CT molecular complexity index is 1490. The highest BCUT2D eigenvalue weighted by Gasteiger charge is 2.29. The van der Waals surface area contributed by atoms with Gasteiger partial charge in [0.2, 0.25) is 0 Å². The fraction of sp³-hybridized carbons (Fsp3) is 0.500. The molecule has 1 N–H and O–H groups in total. The van der Waals surface area contributed by atoms with Crippen molar-refractivity contribution in [1.82, 2.24) is 9.88 Å². The van der Waals surface area contributed by atoms with E-state index in [4.69, 9.17) is 30.5 Å². The summed E-state index contributed by atoms with van der Waals surface area (Å²) in [5.74, 6) is -0.584. The summed E-state index contributed by atoms with van der Waals surface area (Å²) in [5.41, 5.74) is 3.17. The van der Waals surface area contributed by atoms with Crippen molar-refractivity contribution in [2.45, 2.75) is 103 Å². The van der Waals surface area contributed by atoms with Crippen molar-refractivity contribution >= 4 is 23.7 Å². The topological polar surface area (TPSA) is 107 Å². The number of aromatic nitrogens is 1. The monoisotopic (exact) mass is 678 g/mol. The smallest absolute Gasteiger partial charge is 0.410 e. The lowest BCUT2D eigenvalue weighted by Gasteiger charge is -2.33. The van der Waals surface area contributed by atoms with E-state index in [1.54, 1.807) is 23.2 Å². The van der Waals surface area contributed by atoms with Gasteiger partial charge in [0.05, 0.1) is 12.6 Å². The molecule has 2 atom stereocenters. The number of ether oxygens (including phenoxy) is 4. The molecule has 258 valence electrons. The van der Waals surface area contributed by atoms with Crippen molar-refractivity contribution in [2.24, 2.45) is 0 Å². The van der Waals surface area contributed by atoms with E-state index >= 15 is 0 Å². The maximum atomic E-state index is 13.5. The fourth-order valence-corrected chi connectivity index (χ4v) is 6.17. The molecule has 2 aliphatic rings. The summed E-state index contributed by atoms with van der Waals surface area (Å²) in [5, 5.41) is 10.2. The molecule has 1 aromatic heterocycles. The lowest BCUT2D eigenvalue weighted by atomic mass is 9.97. The van der Waals surface area contributed by atoms with Crippen LogP contribution in [0, 0.1) is 0 Å². The van der Waals surface area contributed by atoms with Crippen molar-refractivity contribution < 1.29 is 33.6 Å². The Hall–Kier alpha value is -3.66. The number of pyridine rings is 1. The molecule has 3 aromatic rings. The van der Waals surface area contributed by atoms with Gasteiger partial charge in [-0.2, -0.15) is 0 Å². The lowest BCUT2D eigenvalue weighted by molar-refractivity contribution is -0.192. The Labute approximate surface area is 288 Å². The summed E-state index contributed by atoms with van der Waals surface area (Å²) in [6.45, 7) is 6.83. The van der Waals surface area contributed by atoms with Crippen LogP contribution in [0.15, 0.2) is 60.8 Å². The van der Waals surface area contributed by atoms with Gasteiger partial charge in [0, 0.05) is 24.9 Å². The predicted octanol–water partition coefficient (Wildman–Crippen LogP) is 8.88. The van der Waals surface area contributed by atoms with E-state index in [1.807, 2.05) is 63.2 Å². The number of carbonyl (C=O) groups is 2. The number of carboxylic acids is 1. The molecule has 1 aliphatic heterocycles. The number of aromatic carboxylic acids is 1. The Balaban J connectivity index is 1.31. The Kier molecular flexibility index (Phi) is 12.4. The minimum absolute atomic E-state index is 0.0403. The van der Waals surface area contributed by atoms with Gasteiger partial charge in [-0.15, -0.1) is 0 Å². The Morgan fingerprint density at radius 3 is 2.35 bits per heavy atom. The quantitative estimate of drug-likeness (QED) is 0.189. The van der Waals surface area contributed by atoms with Gasteiger partial charge in [-0.3, -0.25) is 0 Å². The Morgan fingerprint density at radius 1 is 0.979 bits per heavy atom. The van der Waals surface area contributed by atoms with Crippen LogP contribution in [0.3, 0.4) is 0 Å². The largest absolute Gasteiger partial charge is 0.490 e. The van der Waals surface area contributed by atoms with Crippen LogP contribution < -0.4 is 4.74 Å². The van der Waals surface area contributed by atoms with Crippen LogP contribution in [-0.4, -0.2) is 64.7 Å². The molecule has 0 radical (unpaired) electrons. The molecule has 10 heteroatoms. The number of hydrogen-bond acceptors (Lipinski definition) is 7. The molecule has 1 amide bonds. The van der Waals surface area contributed by atoms with Gasteiger partial charge < -0.3 is 29.0 Å². The number of hydrogen-bond donors (Lipinski definition) is 1. The number of amides is 1. The van der Waals surface area contributed by atoms with E-state index in [2.05, 4.69) is 4.98 Å². The van der Waals surface area contributed by atoms with E-state index in [0.29, 0.717) is 30.5 Å². The van der Waals surface area contributed by atoms with Crippen LogP contribution in [0.5, 0.6) is 5.75 Å². The zero-order valence-electron chi connectivity index (χ0n) is 28.2. The molecule has 1 aliphatic carbocycles. The van der Waals surface area contributed by atoms with Crippen LogP contribution in [0.4, 0.5) is 4.79 Å². The predicted molar refractivity (Wildman–Crippen MR) is 185 cm³/mol. The number of carbonyl (C=O) groups excluding carboxylic acids is 1. The van der Waals surface area contributed by atoms with Gasteiger partial charge in [-0.05, 0) is 107 Å². The van der Waals surface area contributed by atoms with E-state index in [0.717, 1.165) is 67.2 Å². The molecule has 9 nitrogen and oxygen atoms in total. The molecule has 2 heterocycles. The summed E-state index contributed by atoms with van der Waals surface area (Å²) in [6, 6.07) is 16.9. The molecule has 0 spiro atoms. The highest BCUT2D eigenvalue weighted by Crippen LogP contribution is 2.32. The van der Waals surface area contributed by atoms with Crippen LogP contribution in [0.25, 0.3) is 11.1 Å². The van der Waals surface area contributed by atoms with Crippen LogP contribution >= 0.6 is 11.6 Å². The van der Waals surface area contributed by atoms with Crippen LogP contribution in [0.2, 0.25) is 5.15 Å². The third-order valence-electron chi connectivity index (χ3n) is 8.63. The van der Waals surface area contributed by atoms with Gasteiger partial charge in [0.25, 0.3) is 0 Å². The van der Waals surface area contributed by atoms with E-state index in [9.17, 15) is 14.7 Å². The van der Waals surface area contributed by atoms with E-state index < -0.39 is 23.8 Å². The minimum Gasteiger partial charge on any atom is -0.490 e. The number of carboxylic acid groups (broad SMARTS) is 1. The first-order chi connectivity index (χ1) is 23.0. The van der Waals surface area contributed by atoms with Gasteiger partial charge in [-0.1, -0.05) is 54.4 Å². The number of nitrogens with zero attached hydrogens (tertiary/aromatic N) is 2. The third kappa shape index (κ3) is 10.4. The van der Waals surface area contributed by atoms with Gasteiger partial charge >= 0.3 is 12.1 Å². The first-order valence-electron chi connectivity index (χ1n) is 17.0. The van der Waals surface area contributed by atoms with E-state index in [-0.39, 0.29) is 24.5 Å². The molecular formula is C38H47ClN2O7. The molecule has 5 rings (SSSR count). The summed E-state index contributed by atoms with van der Waals surface area (Å²) >= 11 is 6.08. The highest BCUT2D eigenvalue weighted by molar-refractivity contribution is 6.29. The van der Waals surface area contributed by atoms with Crippen molar-refractivity contribution in [3.8, 4) is 16.9 Å². The SMILES string of the molecule is CC(C)(C)OC(=O)N(CCc1ccc(-c2ccc(C(=O)O)c(OC3CCCCC3)c2)cc1)C[C@H](OC1CCCCO1)c1ccc(Cl)nc1. The molecule has 1 saturated heterocycles. The average Bonchev–Trinajstić information content (AvgIpc) is 3.07. The second-order valence-corrected chi connectivity index (χ2v) is 14.0. The van der Waals surface area contributed by atoms with E-state index in [1.165, 1.54) is 6.42 Å². The zero-order chi connectivity index (χ0) is 34.1. The number of benzene rings is 2. The standard InChI is InChI=1S/C38H47ClN2O7/c1-38(2,3)48-37(44)41(25-33(29-17-19-34(39)40-24-29)47-35-11-7-8-22-45-35)21-20-26-12-14-27(15-13-26)28-16-18-31(36(42)43)32(23-28)46-30-9-5-4-6-10-30/h12-19,23-24,30,33,35H,4-11,20-22,25H2,1-3H3,(H,42,43)/t33-,35?/m0/s1. The fourth-order valence-electron chi connectivity index (χ4n) is 6.06. The first-order valence-corrected chi connectivity index (χ1v) is 17.4. The second kappa shape index (κ2) is 16.6. The lowest BCUT2D eigenvalue weighted by Crippen LogP contribution is -2.41. The van der Waals surface area contributed by atoms with Crippen LogP contribution in [0.1, 0.15) is 99.7 Å². The maximum absolute atomic E-state index is 13.5. The van der Waals surface area contributed by atoms with Crippen LogP contribution in [-0.2, 0) is 20.6 Å². The third-order valence-corrected chi connectivity index (χ3v) is 8.85. The molecule has 2 aromatic carbocycles. The molecular weight excluding hydrogens is 632 g/mol. The molecule has 1 saturated carbocycles. The second-order valence-electron chi connectivity index (χ2n) is 13.6. The molecule has 0 bridgehead atoms. The maximum Gasteiger partial charge on any atom is 0.410 e. The van der Waals surface area contributed by atoms with Gasteiger partial charge in [0.15, 0.2) is 6.29 Å². The summed E-state index contributed by atoms with van der Waals surface area (Å²) < 4.78 is 24.3. The molecule has 1 unspecified atom stereocenters. The number of rotatable bonds is 12. The summed E-state index contributed by atoms with van der Waals surface area (Å²) in [4.78, 5) is 31.4. The number of halogens is 1. The van der Waals surface area contributed by atoms with Crippen molar-refractivity contribution in [2.75, 3.05) is 19.7 Å².